The molecule has 4 aliphatic carbocycles. The summed E-state index contributed by atoms with van der Waals surface area (Å²) >= 11 is 0. The van der Waals surface area contributed by atoms with Crippen LogP contribution in [0.1, 0.15) is 58.8 Å². The van der Waals surface area contributed by atoms with Gasteiger partial charge in [0.25, 0.3) is 0 Å². The van der Waals surface area contributed by atoms with Gasteiger partial charge in [0.2, 0.25) is 0 Å². The monoisotopic (exact) mass is 276 g/mol. The number of nitrogens with one attached hydrogen (secondary N) is 1. The molecule has 4 bridgehead atoms. The third-order valence-corrected chi connectivity index (χ3v) is 7.26. The number of rotatable bonds is 2. The summed E-state index contributed by atoms with van der Waals surface area (Å²) in [5, 5.41) is 3.66. The molecule has 114 valence electrons. The fourth-order valence-corrected chi connectivity index (χ4v) is 6.49. The second-order valence-corrected chi connectivity index (χ2v) is 8.64. The van der Waals surface area contributed by atoms with Crippen molar-refractivity contribution in [1.82, 2.24) is 10.2 Å². The Morgan fingerprint density at radius 1 is 1.00 bits per heavy atom. The zero-order valence-corrected chi connectivity index (χ0v) is 13.4. The zero-order chi connectivity index (χ0) is 13.7. The van der Waals surface area contributed by atoms with E-state index in [4.69, 9.17) is 0 Å². The SMILES string of the molecule is CC1CCN(C(C)C23CC4CC(CC(C4)C2)C3)CCN1. The molecule has 2 atom stereocenters. The van der Waals surface area contributed by atoms with Crippen LogP contribution in [0.15, 0.2) is 0 Å². The molecule has 5 rings (SSSR count). The maximum absolute atomic E-state index is 3.66. The average Bonchev–Trinajstić information content (AvgIpc) is 2.61. The molecule has 0 aromatic rings. The summed E-state index contributed by atoms with van der Waals surface area (Å²) in [7, 11) is 0. The molecule has 2 unspecified atom stereocenters. The van der Waals surface area contributed by atoms with E-state index in [0.29, 0.717) is 11.5 Å². The van der Waals surface area contributed by atoms with E-state index in [-0.39, 0.29) is 0 Å². The first-order chi connectivity index (χ1) is 9.64. The first kappa shape index (κ1) is 13.6. The molecule has 20 heavy (non-hydrogen) atoms. The Labute approximate surface area is 124 Å². The van der Waals surface area contributed by atoms with Crippen LogP contribution in [-0.4, -0.2) is 36.6 Å². The molecule has 0 radical (unpaired) electrons. The topological polar surface area (TPSA) is 15.3 Å². The molecule has 1 heterocycles. The lowest BCUT2D eigenvalue weighted by molar-refractivity contribution is -0.0957. The lowest BCUT2D eigenvalue weighted by atomic mass is 9.47. The molecule has 2 heteroatoms. The first-order valence-corrected chi connectivity index (χ1v) is 9.12. The summed E-state index contributed by atoms with van der Waals surface area (Å²) in [5.74, 6) is 3.27. The van der Waals surface area contributed by atoms with E-state index < -0.39 is 0 Å². The third-order valence-electron chi connectivity index (χ3n) is 7.26. The molecule has 2 nitrogen and oxygen atoms in total. The predicted molar refractivity (Wildman–Crippen MR) is 83.7 cm³/mol. The van der Waals surface area contributed by atoms with Crippen LogP contribution in [0.5, 0.6) is 0 Å². The smallest absolute Gasteiger partial charge is 0.0124 e. The van der Waals surface area contributed by atoms with Crippen molar-refractivity contribution in [2.75, 3.05) is 19.6 Å². The van der Waals surface area contributed by atoms with Crippen LogP contribution >= 0.6 is 0 Å². The fourth-order valence-electron chi connectivity index (χ4n) is 6.49. The van der Waals surface area contributed by atoms with Gasteiger partial charge in [-0.05, 0) is 88.5 Å². The molecule has 0 aromatic heterocycles. The molecule has 1 N–H and O–H groups in total. The second kappa shape index (κ2) is 4.98. The van der Waals surface area contributed by atoms with Gasteiger partial charge in [-0.3, -0.25) is 4.90 Å². The van der Waals surface area contributed by atoms with Crippen molar-refractivity contribution in [3.63, 3.8) is 0 Å². The van der Waals surface area contributed by atoms with Crippen LogP contribution in [0, 0.1) is 23.2 Å². The predicted octanol–water partition coefficient (Wildman–Crippen LogP) is 3.28. The minimum Gasteiger partial charge on any atom is -0.313 e. The van der Waals surface area contributed by atoms with Crippen molar-refractivity contribution < 1.29 is 0 Å². The van der Waals surface area contributed by atoms with Gasteiger partial charge in [-0.1, -0.05) is 0 Å². The van der Waals surface area contributed by atoms with E-state index in [0.717, 1.165) is 23.8 Å². The maximum Gasteiger partial charge on any atom is 0.0124 e. The van der Waals surface area contributed by atoms with Gasteiger partial charge in [0.15, 0.2) is 0 Å². The normalized spacial score (nSPS) is 50.1. The lowest BCUT2D eigenvalue weighted by Gasteiger charge is -2.60. The van der Waals surface area contributed by atoms with E-state index in [1.165, 1.54) is 26.1 Å². The van der Waals surface area contributed by atoms with Gasteiger partial charge in [-0.2, -0.15) is 0 Å². The summed E-state index contributed by atoms with van der Waals surface area (Å²) in [6, 6.07) is 1.53. The van der Waals surface area contributed by atoms with Crippen LogP contribution in [0.4, 0.5) is 0 Å². The Kier molecular flexibility index (Phi) is 3.38. The van der Waals surface area contributed by atoms with Gasteiger partial charge in [0.05, 0.1) is 0 Å². The van der Waals surface area contributed by atoms with Gasteiger partial charge in [0.1, 0.15) is 0 Å². The van der Waals surface area contributed by atoms with Gasteiger partial charge >= 0.3 is 0 Å². The highest BCUT2D eigenvalue weighted by Crippen LogP contribution is 2.61. The standard InChI is InChI=1S/C18H32N2/c1-13-3-5-20(6-4-19-13)14(2)18-10-15-7-16(11-18)9-17(8-15)12-18/h13-17,19H,3-12H2,1-2H3. The van der Waals surface area contributed by atoms with Crippen LogP contribution in [0.2, 0.25) is 0 Å². The highest BCUT2D eigenvalue weighted by Gasteiger charge is 2.54. The fraction of sp³-hybridized carbons (Fsp3) is 1.00. The molecular formula is C18H32N2. The van der Waals surface area contributed by atoms with Gasteiger partial charge in [-0.25, -0.2) is 0 Å². The Hall–Kier alpha value is -0.0800. The van der Waals surface area contributed by atoms with Crippen LogP contribution in [-0.2, 0) is 0 Å². The van der Waals surface area contributed by atoms with Crippen LogP contribution in [0.25, 0.3) is 0 Å². The highest BCUT2D eigenvalue weighted by atomic mass is 15.2. The van der Waals surface area contributed by atoms with E-state index in [2.05, 4.69) is 24.1 Å². The quantitative estimate of drug-likeness (QED) is 0.832. The summed E-state index contributed by atoms with van der Waals surface area (Å²) in [6.07, 6.45) is 10.7. The average molecular weight is 276 g/mol. The molecule has 5 fully saturated rings. The molecule has 5 aliphatic rings. The first-order valence-electron chi connectivity index (χ1n) is 9.12. The van der Waals surface area contributed by atoms with Crippen molar-refractivity contribution in [1.29, 1.82) is 0 Å². The van der Waals surface area contributed by atoms with Gasteiger partial charge in [-0.15, -0.1) is 0 Å². The van der Waals surface area contributed by atoms with Crippen molar-refractivity contribution in [3.8, 4) is 0 Å². The number of hydrogen-bond donors (Lipinski definition) is 1. The number of hydrogen-bond acceptors (Lipinski definition) is 2. The van der Waals surface area contributed by atoms with Crippen molar-refractivity contribution in [2.45, 2.75) is 70.9 Å². The number of nitrogens with zero attached hydrogens (tertiary/aromatic N) is 1. The summed E-state index contributed by atoms with van der Waals surface area (Å²) in [4.78, 5) is 2.84. The Balaban J connectivity index is 1.51. The van der Waals surface area contributed by atoms with E-state index in [9.17, 15) is 0 Å². The van der Waals surface area contributed by atoms with E-state index >= 15 is 0 Å². The van der Waals surface area contributed by atoms with Gasteiger partial charge in [0, 0.05) is 25.2 Å². The summed E-state index contributed by atoms with van der Waals surface area (Å²) < 4.78 is 0. The van der Waals surface area contributed by atoms with Crippen LogP contribution in [0.3, 0.4) is 0 Å². The Morgan fingerprint density at radius 2 is 1.60 bits per heavy atom. The maximum atomic E-state index is 3.66. The molecule has 0 aromatic carbocycles. The molecule has 0 spiro atoms. The van der Waals surface area contributed by atoms with Crippen molar-refractivity contribution in [2.24, 2.45) is 23.2 Å². The molecule has 0 amide bonds. The molecular weight excluding hydrogens is 244 g/mol. The van der Waals surface area contributed by atoms with E-state index in [1.54, 1.807) is 38.5 Å². The lowest BCUT2D eigenvalue weighted by Crippen LogP contribution is -2.56. The largest absolute Gasteiger partial charge is 0.313 e. The van der Waals surface area contributed by atoms with Crippen LogP contribution < -0.4 is 5.32 Å². The minimum atomic E-state index is 0.697. The summed E-state index contributed by atoms with van der Waals surface area (Å²) in [5.41, 5.74) is 0.697. The van der Waals surface area contributed by atoms with E-state index in [1.807, 2.05) is 0 Å². The minimum absolute atomic E-state index is 0.697. The summed E-state index contributed by atoms with van der Waals surface area (Å²) in [6.45, 7) is 8.70. The van der Waals surface area contributed by atoms with Crippen molar-refractivity contribution >= 4 is 0 Å². The Bertz CT molecular complexity index is 329. The second-order valence-electron chi connectivity index (χ2n) is 8.64. The van der Waals surface area contributed by atoms with Crippen molar-refractivity contribution in [3.05, 3.63) is 0 Å². The highest BCUT2D eigenvalue weighted by molar-refractivity contribution is 5.05. The molecule has 4 saturated carbocycles. The Morgan fingerprint density at radius 3 is 2.20 bits per heavy atom. The zero-order valence-electron chi connectivity index (χ0n) is 13.4. The third kappa shape index (κ3) is 2.23. The van der Waals surface area contributed by atoms with Gasteiger partial charge < -0.3 is 5.32 Å². The molecule has 1 aliphatic heterocycles. The molecule has 1 saturated heterocycles.